The summed E-state index contributed by atoms with van der Waals surface area (Å²) in [6, 6.07) is 6.74. The van der Waals surface area contributed by atoms with E-state index >= 15 is 0 Å². The quantitative estimate of drug-likeness (QED) is 0.493. The Morgan fingerprint density at radius 3 is 2.55 bits per heavy atom. The van der Waals surface area contributed by atoms with Crippen LogP contribution in [0.4, 0.5) is 5.69 Å². The van der Waals surface area contributed by atoms with E-state index in [2.05, 4.69) is 17.1 Å². The van der Waals surface area contributed by atoms with Crippen LogP contribution in [0, 0.1) is 16.0 Å². The number of likely N-dealkylation sites (tertiary alicyclic amines) is 1. The first-order chi connectivity index (χ1) is 9.65. The minimum absolute atomic E-state index is 0.149. The van der Waals surface area contributed by atoms with Crippen LogP contribution >= 0.6 is 0 Å². The lowest BCUT2D eigenvalue weighted by Crippen LogP contribution is -2.37. The average molecular weight is 277 g/mol. The lowest BCUT2D eigenvalue weighted by molar-refractivity contribution is -0.384. The zero-order chi connectivity index (χ0) is 14.4. The normalized spacial score (nSPS) is 17.2. The highest BCUT2D eigenvalue weighted by molar-refractivity contribution is 5.32. The summed E-state index contributed by atoms with van der Waals surface area (Å²) in [5.41, 5.74) is 1.24. The Balaban J connectivity index is 1.64. The smallest absolute Gasteiger partial charge is 0.269 e. The van der Waals surface area contributed by atoms with Crippen LogP contribution in [0.5, 0.6) is 0 Å². The van der Waals surface area contributed by atoms with E-state index in [4.69, 9.17) is 0 Å². The van der Waals surface area contributed by atoms with Crippen molar-refractivity contribution < 1.29 is 4.92 Å². The summed E-state index contributed by atoms with van der Waals surface area (Å²) in [4.78, 5) is 12.7. The largest absolute Gasteiger partial charge is 0.311 e. The van der Waals surface area contributed by atoms with Gasteiger partial charge in [-0.05, 0) is 37.4 Å². The minimum Gasteiger partial charge on any atom is -0.311 e. The van der Waals surface area contributed by atoms with Crippen LogP contribution < -0.4 is 5.32 Å². The lowest BCUT2D eigenvalue weighted by Gasteiger charge is -2.30. The molecule has 5 heteroatoms. The fraction of sp³-hybridized carbons (Fsp3) is 0.600. The highest BCUT2D eigenvalue weighted by Crippen LogP contribution is 2.15. The van der Waals surface area contributed by atoms with Crippen molar-refractivity contribution in [3.63, 3.8) is 0 Å². The highest BCUT2D eigenvalue weighted by atomic mass is 16.6. The maximum atomic E-state index is 10.6. The SMILES string of the molecule is CC1CCN(CCNCc2ccc([N+](=O)[O-])cc2)CC1. The van der Waals surface area contributed by atoms with Crippen LogP contribution in [-0.2, 0) is 6.54 Å². The predicted octanol–water partition coefficient (Wildman–Crippen LogP) is 2.42. The summed E-state index contributed by atoms with van der Waals surface area (Å²) < 4.78 is 0. The fourth-order valence-corrected chi connectivity index (χ4v) is 2.49. The number of nitrogens with one attached hydrogen (secondary N) is 1. The molecule has 0 amide bonds. The molecule has 0 spiro atoms. The summed E-state index contributed by atoms with van der Waals surface area (Å²) in [6.45, 7) is 7.55. The van der Waals surface area contributed by atoms with Gasteiger partial charge < -0.3 is 10.2 Å². The molecule has 1 fully saturated rings. The molecule has 1 heterocycles. The van der Waals surface area contributed by atoms with Gasteiger partial charge in [0.2, 0.25) is 0 Å². The van der Waals surface area contributed by atoms with E-state index < -0.39 is 0 Å². The van der Waals surface area contributed by atoms with Crippen molar-refractivity contribution in [2.45, 2.75) is 26.3 Å². The first-order valence-corrected chi connectivity index (χ1v) is 7.31. The van der Waals surface area contributed by atoms with Crippen LogP contribution in [0.2, 0.25) is 0 Å². The van der Waals surface area contributed by atoms with Crippen LogP contribution in [0.3, 0.4) is 0 Å². The van der Waals surface area contributed by atoms with Gasteiger partial charge >= 0.3 is 0 Å². The second kappa shape index (κ2) is 7.36. The molecule has 0 bridgehead atoms. The number of nitro benzene ring substituents is 1. The maximum absolute atomic E-state index is 10.6. The number of rotatable bonds is 6. The van der Waals surface area contributed by atoms with E-state index in [0.717, 1.165) is 31.1 Å². The molecule has 0 atom stereocenters. The van der Waals surface area contributed by atoms with Gasteiger partial charge in [0.15, 0.2) is 0 Å². The summed E-state index contributed by atoms with van der Waals surface area (Å²) >= 11 is 0. The summed E-state index contributed by atoms with van der Waals surface area (Å²) in [6.07, 6.45) is 2.62. The molecule has 1 aliphatic heterocycles. The topological polar surface area (TPSA) is 58.4 Å². The fourth-order valence-electron chi connectivity index (χ4n) is 2.49. The Hall–Kier alpha value is -1.46. The van der Waals surface area contributed by atoms with Gasteiger partial charge in [-0.25, -0.2) is 0 Å². The number of nitro groups is 1. The number of benzene rings is 1. The molecular weight excluding hydrogens is 254 g/mol. The third-order valence-electron chi connectivity index (χ3n) is 3.96. The molecule has 0 aliphatic carbocycles. The van der Waals surface area contributed by atoms with Gasteiger partial charge in [0.05, 0.1) is 4.92 Å². The van der Waals surface area contributed by atoms with Crippen molar-refractivity contribution >= 4 is 5.69 Å². The second-order valence-corrected chi connectivity index (χ2v) is 5.62. The Morgan fingerprint density at radius 2 is 1.95 bits per heavy atom. The Kier molecular flexibility index (Phi) is 5.49. The third-order valence-corrected chi connectivity index (χ3v) is 3.96. The van der Waals surface area contributed by atoms with Crippen LogP contribution in [0.1, 0.15) is 25.3 Å². The number of nitrogens with zero attached hydrogens (tertiary/aromatic N) is 2. The van der Waals surface area contributed by atoms with Crippen LogP contribution in [0.25, 0.3) is 0 Å². The van der Waals surface area contributed by atoms with Gasteiger partial charge in [-0.3, -0.25) is 10.1 Å². The average Bonchev–Trinajstić information content (AvgIpc) is 2.46. The van der Waals surface area contributed by atoms with Crippen molar-refractivity contribution in [2.24, 2.45) is 5.92 Å². The third kappa shape index (κ3) is 4.58. The number of non-ortho nitro benzene ring substituents is 1. The van der Waals surface area contributed by atoms with E-state index in [1.807, 2.05) is 12.1 Å². The van der Waals surface area contributed by atoms with Crippen molar-refractivity contribution in [3.05, 3.63) is 39.9 Å². The second-order valence-electron chi connectivity index (χ2n) is 5.62. The standard InChI is InChI=1S/C15H23N3O2/c1-13-6-9-17(10-7-13)11-8-16-12-14-2-4-15(5-3-14)18(19)20/h2-5,13,16H,6-12H2,1H3. The van der Waals surface area contributed by atoms with Gasteiger partial charge in [0.25, 0.3) is 5.69 Å². The van der Waals surface area contributed by atoms with E-state index in [0.29, 0.717) is 0 Å². The van der Waals surface area contributed by atoms with Gasteiger partial charge in [-0.15, -0.1) is 0 Å². The van der Waals surface area contributed by atoms with Gasteiger partial charge in [0, 0.05) is 31.8 Å². The Bertz CT molecular complexity index is 425. The first kappa shape index (κ1) is 14.9. The number of piperidine rings is 1. The zero-order valence-electron chi connectivity index (χ0n) is 12.0. The zero-order valence-corrected chi connectivity index (χ0v) is 12.0. The molecular formula is C15H23N3O2. The molecule has 1 aliphatic rings. The molecule has 20 heavy (non-hydrogen) atoms. The molecule has 2 rings (SSSR count). The van der Waals surface area contributed by atoms with E-state index in [1.165, 1.54) is 25.9 Å². The Labute approximate surface area is 120 Å². The molecule has 1 saturated heterocycles. The van der Waals surface area contributed by atoms with Crippen LogP contribution in [0.15, 0.2) is 24.3 Å². The molecule has 0 aromatic heterocycles. The number of hydrogen-bond donors (Lipinski definition) is 1. The van der Waals surface area contributed by atoms with Gasteiger partial charge in [-0.1, -0.05) is 19.1 Å². The van der Waals surface area contributed by atoms with E-state index in [1.54, 1.807) is 12.1 Å². The summed E-state index contributed by atoms with van der Waals surface area (Å²) in [5, 5.41) is 14.0. The predicted molar refractivity (Wildman–Crippen MR) is 79.6 cm³/mol. The molecule has 1 aromatic carbocycles. The van der Waals surface area contributed by atoms with Gasteiger partial charge in [0.1, 0.15) is 0 Å². The molecule has 1 N–H and O–H groups in total. The monoisotopic (exact) mass is 277 g/mol. The molecule has 0 saturated carbocycles. The maximum Gasteiger partial charge on any atom is 0.269 e. The van der Waals surface area contributed by atoms with Crippen molar-refractivity contribution in [3.8, 4) is 0 Å². The minimum atomic E-state index is -0.367. The summed E-state index contributed by atoms with van der Waals surface area (Å²) in [7, 11) is 0. The van der Waals surface area contributed by atoms with Crippen molar-refractivity contribution in [1.29, 1.82) is 0 Å². The van der Waals surface area contributed by atoms with Crippen molar-refractivity contribution in [2.75, 3.05) is 26.2 Å². The molecule has 1 aromatic rings. The van der Waals surface area contributed by atoms with Gasteiger partial charge in [-0.2, -0.15) is 0 Å². The highest BCUT2D eigenvalue weighted by Gasteiger charge is 2.14. The first-order valence-electron chi connectivity index (χ1n) is 7.31. The molecule has 5 nitrogen and oxygen atoms in total. The molecule has 0 unspecified atom stereocenters. The van der Waals surface area contributed by atoms with E-state index in [9.17, 15) is 10.1 Å². The Morgan fingerprint density at radius 1 is 1.30 bits per heavy atom. The number of hydrogen-bond acceptors (Lipinski definition) is 4. The lowest BCUT2D eigenvalue weighted by atomic mass is 9.99. The summed E-state index contributed by atoms with van der Waals surface area (Å²) in [5.74, 6) is 0.874. The van der Waals surface area contributed by atoms with E-state index in [-0.39, 0.29) is 10.6 Å². The molecule has 0 radical (unpaired) electrons. The van der Waals surface area contributed by atoms with Crippen LogP contribution in [-0.4, -0.2) is 36.0 Å². The molecule has 110 valence electrons. The van der Waals surface area contributed by atoms with Crippen molar-refractivity contribution in [1.82, 2.24) is 10.2 Å².